The number of amides is 1. The Morgan fingerprint density at radius 2 is 2.19 bits per heavy atom. The van der Waals surface area contributed by atoms with E-state index in [0.717, 1.165) is 24.1 Å². The SMILES string of the molecule is NCC#Cc1ccccc1NC(=O)C1CC1. The first-order chi connectivity index (χ1) is 7.81. The summed E-state index contributed by atoms with van der Waals surface area (Å²) in [5.74, 6) is 6.04. The van der Waals surface area contributed by atoms with Crippen LogP contribution in [0.2, 0.25) is 0 Å². The molecule has 0 bridgehead atoms. The smallest absolute Gasteiger partial charge is 0.227 e. The molecule has 1 saturated carbocycles. The van der Waals surface area contributed by atoms with E-state index < -0.39 is 0 Å². The molecule has 0 spiro atoms. The summed E-state index contributed by atoms with van der Waals surface area (Å²) in [5, 5.41) is 2.90. The first-order valence-electron chi connectivity index (χ1n) is 5.40. The molecule has 0 radical (unpaired) electrons. The van der Waals surface area contributed by atoms with Crippen molar-refractivity contribution < 1.29 is 4.79 Å². The molecular weight excluding hydrogens is 200 g/mol. The Labute approximate surface area is 95.0 Å². The van der Waals surface area contributed by atoms with Gasteiger partial charge in [-0.15, -0.1) is 0 Å². The van der Waals surface area contributed by atoms with Gasteiger partial charge in [-0.3, -0.25) is 4.79 Å². The number of hydrogen-bond donors (Lipinski definition) is 2. The highest BCUT2D eigenvalue weighted by atomic mass is 16.2. The van der Waals surface area contributed by atoms with Gasteiger partial charge in [-0.25, -0.2) is 0 Å². The van der Waals surface area contributed by atoms with Crippen LogP contribution < -0.4 is 11.1 Å². The summed E-state index contributed by atoms with van der Waals surface area (Å²) in [6.07, 6.45) is 2.00. The molecule has 0 atom stereocenters. The van der Waals surface area contributed by atoms with Gasteiger partial charge >= 0.3 is 0 Å². The number of rotatable bonds is 2. The van der Waals surface area contributed by atoms with E-state index in [0.29, 0.717) is 6.54 Å². The topological polar surface area (TPSA) is 55.1 Å². The average Bonchev–Trinajstić information content (AvgIpc) is 3.11. The van der Waals surface area contributed by atoms with Crippen molar-refractivity contribution in [3.05, 3.63) is 29.8 Å². The molecule has 1 aromatic rings. The maximum Gasteiger partial charge on any atom is 0.227 e. The zero-order valence-electron chi connectivity index (χ0n) is 8.99. The van der Waals surface area contributed by atoms with Gasteiger partial charge in [-0.1, -0.05) is 24.0 Å². The second-order valence-corrected chi connectivity index (χ2v) is 3.82. The minimum Gasteiger partial charge on any atom is -0.325 e. The average molecular weight is 214 g/mol. The quantitative estimate of drug-likeness (QED) is 0.730. The van der Waals surface area contributed by atoms with E-state index in [4.69, 9.17) is 5.73 Å². The second-order valence-electron chi connectivity index (χ2n) is 3.82. The maximum absolute atomic E-state index is 11.6. The van der Waals surface area contributed by atoms with Crippen molar-refractivity contribution in [3.63, 3.8) is 0 Å². The highest BCUT2D eigenvalue weighted by Gasteiger charge is 2.29. The van der Waals surface area contributed by atoms with Gasteiger partial charge in [0.25, 0.3) is 0 Å². The fourth-order valence-electron chi connectivity index (χ4n) is 1.43. The lowest BCUT2D eigenvalue weighted by atomic mass is 10.1. The first kappa shape index (κ1) is 10.7. The summed E-state index contributed by atoms with van der Waals surface area (Å²) in [4.78, 5) is 11.6. The number of anilines is 1. The third-order valence-corrected chi connectivity index (χ3v) is 2.46. The van der Waals surface area contributed by atoms with Crippen LogP contribution in [0, 0.1) is 17.8 Å². The van der Waals surface area contributed by atoms with E-state index in [1.807, 2.05) is 24.3 Å². The van der Waals surface area contributed by atoms with Gasteiger partial charge in [0, 0.05) is 11.5 Å². The van der Waals surface area contributed by atoms with Gasteiger partial charge in [-0.05, 0) is 25.0 Å². The minimum atomic E-state index is 0.0991. The molecule has 3 heteroatoms. The minimum absolute atomic E-state index is 0.0991. The summed E-state index contributed by atoms with van der Waals surface area (Å²) >= 11 is 0. The molecule has 0 heterocycles. The third kappa shape index (κ3) is 2.62. The van der Waals surface area contributed by atoms with Crippen molar-refractivity contribution in [2.75, 3.05) is 11.9 Å². The van der Waals surface area contributed by atoms with Crippen molar-refractivity contribution in [2.24, 2.45) is 11.7 Å². The number of nitrogens with one attached hydrogen (secondary N) is 1. The number of para-hydroxylation sites is 1. The monoisotopic (exact) mass is 214 g/mol. The highest BCUT2D eigenvalue weighted by molar-refractivity contribution is 5.95. The lowest BCUT2D eigenvalue weighted by Crippen LogP contribution is -2.14. The molecule has 1 aromatic carbocycles. The van der Waals surface area contributed by atoms with E-state index in [1.165, 1.54) is 0 Å². The summed E-state index contributed by atoms with van der Waals surface area (Å²) in [6.45, 7) is 0.324. The van der Waals surface area contributed by atoms with Crippen LogP contribution >= 0.6 is 0 Å². The summed E-state index contributed by atoms with van der Waals surface area (Å²) in [7, 11) is 0. The zero-order chi connectivity index (χ0) is 11.4. The van der Waals surface area contributed by atoms with Crippen LogP contribution in [0.4, 0.5) is 5.69 Å². The maximum atomic E-state index is 11.6. The Balaban J connectivity index is 2.15. The van der Waals surface area contributed by atoms with Crippen molar-refractivity contribution >= 4 is 11.6 Å². The molecule has 2 rings (SSSR count). The van der Waals surface area contributed by atoms with Gasteiger partial charge in [0.05, 0.1) is 12.2 Å². The first-order valence-corrected chi connectivity index (χ1v) is 5.40. The molecule has 82 valence electrons. The molecule has 1 aliphatic rings. The molecule has 1 aliphatic carbocycles. The molecule has 0 saturated heterocycles. The molecule has 3 N–H and O–H groups in total. The van der Waals surface area contributed by atoms with Crippen molar-refractivity contribution in [1.82, 2.24) is 0 Å². The molecule has 0 aliphatic heterocycles. The fourth-order valence-corrected chi connectivity index (χ4v) is 1.43. The van der Waals surface area contributed by atoms with Crippen molar-refractivity contribution in [2.45, 2.75) is 12.8 Å². The zero-order valence-corrected chi connectivity index (χ0v) is 8.99. The van der Waals surface area contributed by atoms with Crippen LogP contribution in [0.1, 0.15) is 18.4 Å². The Bertz CT molecular complexity index is 452. The normalized spacial score (nSPS) is 13.8. The number of hydrogen-bond acceptors (Lipinski definition) is 2. The molecule has 16 heavy (non-hydrogen) atoms. The van der Waals surface area contributed by atoms with Gasteiger partial charge in [0.1, 0.15) is 0 Å². The van der Waals surface area contributed by atoms with Crippen LogP contribution in [-0.4, -0.2) is 12.5 Å². The van der Waals surface area contributed by atoms with Crippen LogP contribution in [-0.2, 0) is 4.79 Å². The van der Waals surface area contributed by atoms with Crippen LogP contribution in [0.15, 0.2) is 24.3 Å². The number of carbonyl (C=O) groups excluding carboxylic acids is 1. The van der Waals surface area contributed by atoms with Gasteiger partial charge in [0.15, 0.2) is 0 Å². The number of benzene rings is 1. The molecule has 1 amide bonds. The van der Waals surface area contributed by atoms with Gasteiger partial charge in [0.2, 0.25) is 5.91 Å². The Hall–Kier alpha value is -1.79. The fraction of sp³-hybridized carbons (Fsp3) is 0.308. The van der Waals surface area contributed by atoms with Gasteiger partial charge in [-0.2, -0.15) is 0 Å². The summed E-state index contributed by atoms with van der Waals surface area (Å²) in [5.41, 5.74) is 6.92. The summed E-state index contributed by atoms with van der Waals surface area (Å²) in [6, 6.07) is 7.52. The van der Waals surface area contributed by atoms with Crippen LogP contribution in [0.5, 0.6) is 0 Å². The lowest BCUT2D eigenvalue weighted by Gasteiger charge is -2.06. The van der Waals surface area contributed by atoms with E-state index in [2.05, 4.69) is 17.2 Å². The molecular formula is C13H14N2O. The largest absolute Gasteiger partial charge is 0.325 e. The Morgan fingerprint density at radius 1 is 1.44 bits per heavy atom. The molecule has 1 fully saturated rings. The van der Waals surface area contributed by atoms with Crippen LogP contribution in [0.3, 0.4) is 0 Å². The predicted octanol–water partition coefficient (Wildman–Crippen LogP) is 1.35. The summed E-state index contributed by atoms with van der Waals surface area (Å²) < 4.78 is 0. The molecule has 0 unspecified atom stereocenters. The van der Waals surface area contributed by atoms with Crippen molar-refractivity contribution in [3.8, 4) is 11.8 Å². The Morgan fingerprint density at radius 3 is 2.88 bits per heavy atom. The Kier molecular flexibility index (Phi) is 3.23. The molecule has 3 nitrogen and oxygen atoms in total. The lowest BCUT2D eigenvalue weighted by molar-refractivity contribution is -0.117. The van der Waals surface area contributed by atoms with E-state index >= 15 is 0 Å². The third-order valence-electron chi connectivity index (χ3n) is 2.46. The number of carbonyl (C=O) groups is 1. The second kappa shape index (κ2) is 4.82. The van der Waals surface area contributed by atoms with E-state index in [9.17, 15) is 4.79 Å². The predicted molar refractivity (Wildman–Crippen MR) is 63.7 cm³/mol. The van der Waals surface area contributed by atoms with Crippen LogP contribution in [0.25, 0.3) is 0 Å². The van der Waals surface area contributed by atoms with Crippen molar-refractivity contribution in [1.29, 1.82) is 0 Å². The van der Waals surface area contributed by atoms with E-state index in [-0.39, 0.29) is 11.8 Å². The van der Waals surface area contributed by atoms with Gasteiger partial charge < -0.3 is 11.1 Å². The number of nitrogens with two attached hydrogens (primary N) is 1. The highest BCUT2D eigenvalue weighted by Crippen LogP contribution is 2.30. The molecule has 0 aromatic heterocycles. The van der Waals surface area contributed by atoms with E-state index in [1.54, 1.807) is 0 Å². The standard InChI is InChI=1S/C13H14N2O/c14-9-3-5-10-4-1-2-6-12(10)15-13(16)11-7-8-11/h1-2,4,6,11H,7-9,14H2,(H,15,16).